The Morgan fingerprint density at radius 1 is 1.11 bits per heavy atom. The molecule has 1 heterocycles. The van der Waals surface area contributed by atoms with Crippen molar-refractivity contribution >= 4 is 11.9 Å². The molecule has 2 aromatic carbocycles. The van der Waals surface area contributed by atoms with Crippen LogP contribution in [-0.4, -0.2) is 24.4 Å². The number of ether oxygens (including phenoxy) is 1. The van der Waals surface area contributed by atoms with E-state index in [1.807, 2.05) is 12.1 Å². The molecule has 2 aromatic rings. The van der Waals surface area contributed by atoms with Gasteiger partial charge in [-0.15, -0.1) is 0 Å². The molecule has 0 saturated heterocycles. The van der Waals surface area contributed by atoms with E-state index in [-0.39, 0.29) is 5.82 Å². The molecule has 0 saturated carbocycles. The SMILES string of the molecule is COc1cccc2c1C=[N+](c1ccc(F)cc1)CC2. The van der Waals surface area contributed by atoms with Crippen LogP contribution in [-0.2, 0) is 6.42 Å². The van der Waals surface area contributed by atoms with Crippen molar-refractivity contribution < 1.29 is 13.7 Å². The molecule has 96 valence electrons. The lowest BCUT2D eigenvalue weighted by Crippen LogP contribution is -2.19. The molecular formula is C16H15FNO+. The van der Waals surface area contributed by atoms with Crippen LogP contribution >= 0.6 is 0 Å². The Balaban J connectivity index is 2.05. The maximum Gasteiger partial charge on any atom is 0.205 e. The summed E-state index contributed by atoms with van der Waals surface area (Å²) >= 11 is 0. The molecule has 0 amide bonds. The lowest BCUT2D eigenvalue weighted by molar-refractivity contribution is -0.436. The summed E-state index contributed by atoms with van der Waals surface area (Å²) in [5, 5.41) is 0. The molecule has 0 unspecified atom stereocenters. The predicted molar refractivity (Wildman–Crippen MR) is 73.1 cm³/mol. The van der Waals surface area contributed by atoms with Crippen LogP contribution in [0.15, 0.2) is 42.5 Å². The summed E-state index contributed by atoms with van der Waals surface area (Å²) in [6.45, 7) is 0.895. The van der Waals surface area contributed by atoms with Crippen molar-refractivity contribution in [3.63, 3.8) is 0 Å². The highest BCUT2D eigenvalue weighted by molar-refractivity contribution is 5.83. The second-order valence-electron chi connectivity index (χ2n) is 4.58. The first kappa shape index (κ1) is 11.9. The Labute approximate surface area is 111 Å². The van der Waals surface area contributed by atoms with Crippen molar-refractivity contribution in [2.75, 3.05) is 13.7 Å². The first-order valence-corrected chi connectivity index (χ1v) is 6.31. The van der Waals surface area contributed by atoms with E-state index in [0.717, 1.165) is 30.0 Å². The molecule has 3 heteroatoms. The van der Waals surface area contributed by atoms with Gasteiger partial charge in [0.25, 0.3) is 0 Å². The monoisotopic (exact) mass is 256 g/mol. The second kappa shape index (κ2) is 4.84. The molecule has 2 nitrogen and oxygen atoms in total. The largest absolute Gasteiger partial charge is 0.496 e. The van der Waals surface area contributed by atoms with Crippen LogP contribution in [0, 0.1) is 5.82 Å². The van der Waals surface area contributed by atoms with E-state index in [1.54, 1.807) is 19.2 Å². The standard InChI is InChI=1S/C16H15FNO/c1-19-16-4-2-3-12-9-10-18(11-15(12)16)14-7-5-13(17)6-8-14/h2-8,11H,9-10H2,1H3/q+1. The molecule has 0 bridgehead atoms. The van der Waals surface area contributed by atoms with Crippen LogP contribution in [0.3, 0.4) is 0 Å². The van der Waals surface area contributed by atoms with Gasteiger partial charge in [-0.05, 0) is 23.8 Å². The lowest BCUT2D eigenvalue weighted by atomic mass is 10.0. The number of benzene rings is 2. The number of methoxy groups -OCH3 is 1. The zero-order chi connectivity index (χ0) is 13.2. The summed E-state index contributed by atoms with van der Waals surface area (Å²) in [6, 6.07) is 12.7. The maximum atomic E-state index is 13.0. The number of hydrogen-bond acceptors (Lipinski definition) is 1. The van der Waals surface area contributed by atoms with Crippen LogP contribution in [0.2, 0.25) is 0 Å². The normalized spacial score (nSPS) is 13.7. The molecule has 1 aliphatic rings. The summed E-state index contributed by atoms with van der Waals surface area (Å²) in [5.74, 6) is 0.669. The number of hydrogen-bond donors (Lipinski definition) is 0. The first-order valence-electron chi connectivity index (χ1n) is 6.31. The van der Waals surface area contributed by atoms with Crippen LogP contribution < -0.4 is 4.74 Å². The van der Waals surface area contributed by atoms with Crippen LogP contribution in [0.4, 0.5) is 10.1 Å². The fourth-order valence-corrected chi connectivity index (χ4v) is 2.43. The van der Waals surface area contributed by atoms with Gasteiger partial charge in [-0.25, -0.2) is 4.39 Å². The maximum absolute atomic E-state index is 13.0. The highest BCUT2D eigenvalue weighted by atomic mass is 19.1. The summed E-state index contributed by atoms with van der Waals surface area (Å²) in [4.78, 5) is 0. The number of halogens is 1. The van der Waals surface area contributed by atoms with Crippen LogP contribution in [0.25, 0.3) is 0 Å². The number of nitrogens with zero attached hydrogens (tertiary/aromatic N) is 1. The average molecular weight is 256 g/mol. The van der Waals surface area contributed by atoms with Gasteiger partial charge < -0.3 is 4.74 Å². The van der Waals surface area contributed by atoms with E-state index in [4.69, 9.17) is 4.74 Å². The zero-order valence-electron chi connectivity index (χ0n) is 10.8. The molecule has 0 fully saturated rings. The van der Waals surface area contributed by atoms with Crippen molar-refractivity contribution in [2.45, 2.75) is 6.42 Å². The predicted octanol–water partition coefficient (Wildman–Crippen LogP) is 3.15. The van der Waals surface area contributed by atoms with Gasteiger partial charge in [0, 0.05) is 18.6 Å². The molecule has 19 heavy (non-hydrogen) atoms. The van der Waals surface area contributed by atoms with Crippen molar-refractivity contribution in [2.24, 2.45) is 0 Å². The third-order valence-corrected chi connectivity index (χ3v) is 3.44. The smallest absolute Gasteiger partial charge is 0.205 e. The molecule has 0 aromatic heterocycles. The quantitative estimate of drug-likeness (QED) is 0.752. The Morgan fingerprint density at radius 3 is 2.63 bits per heavy atom. The average Bonchev–Trinajstić information content (AvgIpc) is 2.47. The van der Waals surface area contributed by atoms with Gasteiger partial charge in [-0.3, -0.25) is 0 Å². The molecule has 0 spiro atoms. The van der Waals surface area contributed by atoms with Gasteiger partial charge in [-0.2, -0.15) is 4.58 Å². The van der Waals surface area contributed by atoms with Gasteiger partial charge in [0.05, 0.1) is 12.7 Å². The topological polar surface area (TPSA) is 12.2 Å². The van der Waals surface area contributed by atoms with Crippen molar-refractivity contribution in [1.29, 1.82) is 0 Å². The minimum absolute atomic E-state index is 0.209. The highest BCUT2D eigenvalue weighted by Crippen LogP contribution is 2.25. The van der Waals surface area contributed by atoms with Gasteiger partial charge >= 0.3 is 0 Å². The summed E-state index contributed by atoms with van der Waals surface area (Å²) in [5.41, 5.74) is 3.40. The minimum Gasteiger partial charge on any atom is -0.496 e. The summed E-state index contributed by atoms with van der Waals surface area (Å²) in [7, 11) is 1.68. The van der Waals surface area contributed by atoms with E-state index in [2.05, 4.69) is 16.9 Å². The fourth-order valence-electron chi connectivity index (χ4n) is 2.43. The molecule has 0 N–H and O–H groups in total. The molecule has 0 atom stereocenters. The summed E-state index contributed by atoms with van der Waals surface area (Å²) < 4.78 is 20.5. The number of rotatable bonds is 2. The van der Waals surface area contributed by atoms with Crippen molar-refractivity contribution in [3.8, 4) is 5.75 Å². The molecule has 1 aliphatic heterocycles. The summed E-state index contributed by atoms with van der Waals surface area (Å²) in [6.07, 6.45) is 3.03. The second-order valence-corrected chi connectivity index (χ2v) is 4.58. The molecule has 3 rings (SSSR count). The lowest BCUT2D eigenvalue weighted by Gasteiger charge is -2.14. The highest BCUT2D eigenvalue weighted by Gasteiger charge is 2.20. The molecule has 0 aliphatic carbocycles. The van der Waals surface area contributed by atoms with Crippen molar-refractivity contribution in [3.05, 3.63) is 59.4 Å². The Bertz CT molecular complexity index is 632. The Hall–Kier alpha value is -2.16. The van der Waals surface area contributed by atoms with E-state index < -0.39 is 0 Å². The van der Waals surface area contributed by atoms with Crippen LogP contribution in [0.5, 0.6) is 5.75 Å². The van der Waals surface area contributed by atoms with E-state index in [1.165, 1.54) is 17.7 Å². The van der Waals surface area contributed by atoms with Crippen LogP contribution in [0.1, 0.15) is 11.1 Å². The zero-order valence-corrected chi connectivity index (χ0v) is 10.8. The minimum atomic E-state index is -0.209. The molecular weight excluding hydrogens is 241 g/mol. The number of fused-ring (bicyclic) bond motifs is 1. The first-order chi connectivity index (χ1) is 9.28. The Kier molecular flexibility index (Phi) is 3.03. The van der Waals surface area contributed by atoms with Gasteiger partial charge in [0.1, 0.15) is 11.6 Å². The van der Waals surface area contributed by atoms with Gasteiger partial charge in [0.15, 0.2) is 12.8 Å². The van der Waals surface area contributed by atoms with Gasteiger partial charge in [0.2, 0.25) is 5.69 Å². The van der Waals surface area contributed by atoms with Crippen molar-refractivity contribution in [1.82, 2.24) is 0 Å². The van der Waals surface area contributed by atoms with E-state index >= 15 is 0 Å². The van der Waals surface area contributed by atoms with Gasteiger partial charge in [-0.1, -0.05) is 12.1 Å². The molecule has 0 radical (unpaired) electrons. The van der Waals surface area contributed by atoms with E-state index in [0.29, 0.717) is 0 Å². The van der Waals surface area contributed by atoms with E-state index in [9.17, 15) is 4.39 Å². The third-order valence-electron chi connectivity index (χ3n) is 3.44. The fraction of sp³-hybridized carbons (Fsp3) is 0.188. The third kappa shape index (κ3) is 2.24. The Morgan fingerprint density at radius 2 is 1.89 bits per heavy atom.